The first kappa shape index (κ1) is 30.2. The SMILES string of the molecule is c1cc(-c2ccc(-c3cccc4ccccc34)cc2)cc(-c2nc(-c3ccccc3-c3cccc4ccccc34)nc(C3CCCCC3)n2)c1. The zero-order valence-corrected chi connectivity index (χ0v) is 28.0. The molecule has 3 heteroatoms. The topological polar surface area (TPSA) is 38.7 Å². The van der Waals surface area contributed by atoms with Crippen LogP contribution in [0.5, 0.6) is 0 Å². The maximum atomic E-state index is 5.24. The number of benzene rings is 7. The summed E-state index contributed by atoms with van der Waals surface area (Å²) in [4.78, 5) is 15.7. The smallest absolute Gasteiger partial charge is 0.164 e. The van der Waals surface area contributed by atoms with Crippen molar-refractivity contribution >= 4 is 21.5 Å². The molecule has 0 spiro atoms. The lowest BCUT2D eigenvalue weighted by Crippen LogP contribution is -2.11. The Morgan fingerprint density at radius 3 is 1.66 bits per heavy atom. The van der Waals surface area contributed by atoms with Crippen LogP contribution in [0.15, 0.2) is 158 Å². The first-order valence-corrected chi connectivity index (χ1v) is 17.8. The summed E-state index contributed by atoms with van der Waals surface area (Å²) in [6.45, 7) is 0. The van der Waals surface area contributed by atoms with Gasteiger partial charge >= 0.3 is 0 Å². The van der Waals surface area contributed by atoms with E-state index in [0.717, 1.165) is 52.6 Å². The third-order valence-electron chi connectivity index (χ3n) is 10.3. The van der Waals surface area contributed by atoms with Gasteiger partial charge in [-0.25, -0.2) is 15.0 Å². The fourth-order valence-electron chi connectivity index (χ4n) is 7.72. The van der Waals surface area contributed by atoms with E-state index in [2.05, 4.69) is 158 Å². The molecule has 8 aromatic rings. The van der Waals surface area contributed by atoms with Gasteiger partial charge in [0.25, 0.3) is 0 Å². The van der Waals surface area contributed by atoms with Crippen LogP contribution < -0.4 is 0 Å². The van der Waals surface area contributed by atoms with Crippen LogP contribution in [0, 0.1) is 0 Å². The second-order valence-electron chi connectivity index (χ2n) is 13.4. The highest BCUT2D eigenvalue weighted by Gasteiger charge is 2.22. The minimum Gasteiger partial charge on any atom is -0.213 e. The molecule has 0 bridgehead atoms. The lowest BCUT2D eigenvalue weighted by molar-refractivity contribution is 0.428. The van der Waals surface area contributed by atoms with Crippen molar-refractivity contribution in [3.8, 4) is 56.2 Å². The van der Waals surface area contributed by atoms with Crippen LogP contribution in [0.3, 0.4) is 0 Å². The molecule has 0 saturated heterocycles. The van der Waals surface area contributed by atoms with Crippen LogP contribution in [0.2, 0.25) is 0 Å². The van der Waals surface area contributed by atoms with Crippen molar-refractivity contribution in [2.24, 2.45) is 0 Å². The minimum atomic E-state index is 0.346. The second-order valence-corrected chi connectivity index (χ2v) is 13.4. The molecule has 1 aromatic heterocycles. The highest BCUT2D eigenvalue weighted by Crippen LogP contribution is 2.38. The maximum Gasteiger partial charge on any atom is 0.164 e. The first-order chi connectivity index (χ1) is 24.8. The molecule has 0 N–H and O–H groups in total. The monoisotopic (exact) mass is 643 g/mol. The van der Waals surface area contributed by atoms with Gasteiger partial charge in [-0.05, 0) is 73.8 Å². The van der Waals surface area contributed by atoms with E-state index in [1.54, 1.807) is 0 Å². The molecule has 1 heterocycles. The highest BCUT2D eigenvalue weighted by molar-refractivity contribution is 6.00. The van der Waals surface area contributed by atoms with E-state index in [1.807, 2.05) is 0 Å². The number of nitrogens with zero attached hydrogens (tertiary/aromatic N) is 3. The van der Waals surface area contributed by atoms with Gasteiger partial charge in [-0.15, -0.1) is 0 Å². The Labute approximate surface area is 293 Å². The summed E-state index contributed by atoms with van der Waals surface area (Å²) in [5.74, 6) is 2.74. The predicted molar refractivity (Wildman–Crippen MR) is 208 cm³/mol. The fraction of sp³-hybridized carbons (Fsp3) is 0.128. The van der Waals surface area contributed by atoms with Crippen molar-refractivity contribution < 1.29 is 0 Å². The molecule has 0 atom stereocenters. The molecule has 240 valence electrons. The van der Waals surface area contributed by atoms with Crippen molar-refractivity contribution in [3.05, 3.63) is 164 Å². The van der Waals surface area contributed by atoms with E-state index < -0.39 is 0 Å². The van der Waals surface area contributed by atoms with Crippen molar-refractivity contribution in [1.82, 2.24) is 15.0 Å². The van der Waals surface area contributed by atoms with Crippen molar-refractivity contribution in [3.63, 3.8) is 0 Å². The van der Waals surface area contributed by atoms with Crippen LogP contribution in [-0.2, 0) is 0 Å². The van der Waals surface area contributed by atoms with Crippen molar-refractivity contribution in [2.45, 2.75) is 38.0 Å². The summed E-state index contributed by atoms with van der Waals surface area (Å²) < 4.78 is 0. The molecule has 3 nitrogen and oxygen atoms in total. The molecule has 0 aliphatic heterocycles. The zero-order chi connectivity index (χ0) is 33.3. The number of hydrogen-bond donors (Lipinski definition) is 0. The Balaban J connectivity index is 1.13. The Hall–Kier alpha value is -5.93. The van der Waals surface area contributed by atoms with E-state index >= 15 is 0 Å². The van der Waals surface area contributed by atoms with E-state index in [4.69, 9.17) is 15.0 Å². The standard InChI is InChI=1S/C47H37N3/c1-2-15-36(16-3-1)45-48-46(50-47(49-45)44-24-9-8-23-43(44)42-26-12-18-34-14-5-7-22-41(34)42)38-20-10-19-37(31-38)32-27-29-35(30-28-32)40-25-11-17-33-13-4-6-21-39(33)40/h4-14,17-31,36H,1-3,15-16H2. The molecule has 7 aromatic carbocycles. The summed E-state index contributed by atoms with van der Waals surface area (Å²) in [6, 6.07) is 56.4. The normalized spacial score (nSPS) is 13.5. The summed E-state index contributed by atoms with van der Waals surface area (Å²) in [5.41, 5.74) is 9.13. The molecule has 1 aliphatic carbocycles. The van der Waals surface area contributed by atoms with Gasteiger partial charge in [0.2, 0.25) is 0 Å². The Morgan fingerprint density at radius 2 is 0.900 bits per heavy atom. The number of hydrogen-bond acceptors (Lipinski definition) is 3. The molecule has 0 unspecified atom stereocenters. The zero-order valence-electron chi connectivity index (χ0n) is 28.0. The minimum absolute atomic E-state index is 0.346. The van der Waals surface area contributed by atoms with E-state index in [9.17, 15) is 0 Å². The molecular weight excluding hydrogens is 607 g/mol. The number of fused-ring (bicyclic) bond motifs is 2. The molecule has 9 rings (SSSR count). The van der Waals surface area contributed by atoms with Crippen molar-refractivity contribution in [2.75, 3.05) is 0 Å². The van der Waals surface area contributed by atoms with Crippen molar-refractivity contribution in [1.29, 1.82) is 0 Å². The molecule has 1 aliphatic rings. The molecule has 0 radical (unpaired) electrons. The molecule has 50 heavy (non-hydrogen) atoms. The van der Waals surface area contributed by atoms with Crippen LogP contribution in [0.1, 0.15) is 43.8 Å². The summed E-state index contributed by atoms with van der Waals surface area (Å²) in [7, 11) is 0. The van der Waals surface area contributed by atoms with Crippen LogP contribution in [-0.4, -0.2) is 15.0 Å². The number of rotatable bonds is 6. The van der Waals surface area contributed by atoms with Gasteiger partial charge in [-0.3, -0.25) is 0 Å². The van der Waals surface area contributed by atoms with Gasteiger partial charge in [0.05, 0.1) is 0 Å². The second kappa shape index (κ2) is 13.2. The third-order valence-corrected chi connectivity index (χ3v) is 10.3. The lowest BCUT2D eigenvalue weighted by atomic mass is 9.88. The maximum absolute atomic E-state index is 5.24. The fourth-order valence-corrected chi connectivity index (χ4v) is 7.72. The summed E-state index contributed by atoms with van der Waals surface area (Å²) >= 11 is 0. The lowest BCUT2D eigenvalue weighted by Gasteiger charge is -2.21. The first-order valence-electron chi connectivity index (χ1n) is 17.8. The van der Waals surface area contributed by atoms with Crippen LogP contribution >= 0.6 is 0 Å². The van der Waals surface area contributed by atoms with Gasteiger partial charge in [-0.2, -0.15) is 0 Å². The number of aromatic nitrogens is 3. The third kappa shape index (κ3) is 5.75. The average Bonchev–Trinajstić information content (AvgIpc) is 3.21. The van der Waals surface area contributed by atoms with Gasteiger partial charge in [-0.1, -0.05) is 171 Å². The van der Waals surface area contributed by atoms with Gasteiger partial charge in [0.15, 0.2) is 11.6 Å². The molecule has 1 saturated carbocycles. The van der Waals surface area contributed by atoms with Crippen LogP contribution in [0.4, 0.5) is 0 Å². The summed E-state index contributed by atoms with van der Waals surface area (Å²) in [6.07, 6.45) is 5.97. The quantitative estimate of drug-likeness (QED) is 0.181. The van der Waals surface area contributed by atoms with E-state index in [1.165, 1.54) is 63.1 Å². The summed E-state index contributed by atoms with van der Waals surface area (Å²) in [5, 5.41) is 4.97. The Kier molecular flexibility index (Phi) is 7.94. The molecule has 0 amide bonds. The average molecular weight is 644 g/mol. The van der Waals surface area contributed by atoms with Gasteiger partial charge in [0.1, 0.15) is 5.82 Å². The van der Waals surface area contributed by atoms with E-state index in [-0.39, 0.29) is 0 Å². The van der Waals surface area contributed by atoms with Crippen LogP contribution in [0.25, 0.3) is 77.7 Å². The Morgan fingerprint density at radius 1 is 0.360 bits per heavy atom. The largest absolute Gasteiger partial charge is 0.213 e. The van der Waals surface area contributed by atoms with Gasteiger partial charge in [0, 0.05) is 17.0 Å². The van der Waals surface area contributed by atoms with Gasteiger partial charge < -0.3 is 0 Å². The molecule has 1 fully saturated rings. The predicted octanol–water partition coefficient (Wildman–Crippen LogP) is 12.6. The van der Waals surface area contributed by atoms with E-state index in [0.29, 0.717) is 5.92 Å². The Bertz CT molecular complexity index is 2460. The molecular formula is C47H37N3. The highest BCUT2D eigenvalue weighted by atomic mass is 15.0.